The highest BCUT2D eigenvalue weighted by atomic mass is 19.1. The van der Waals surface area contributed by atoms with Crippen LogP contribution in [0.4, 0.5) is 10.1 Å². The molecule has 17 heavy (non-hydrogen) atoms. The molecule has 0 aliphatic heterocycles. The first-order valence-corrected chi connectivity index (χ1v) is 5.56. The molecule has 0 aliphatic carbocycles. The molecule has 0 bridgehead atoms. The summed E-state index contributed by atoms with van der Waals surface area (Å²) < 4.78 is 13.1. The summed E-state index contributed by atoms with van der Waals surface area (Å²) in [5.41, 5.74) is 4.10. The summed E-state index contributed by atoms with van der Waals surface area (Å²) in [6.45, 7) is 4.57. The van der Waals surface area contributed by atoms with Crippen molar-refractivity contribution >= 4 is 5.69 Å². The zero-order valence-electron chi connectivity index (χ0n) is 10.00. The van der Waals surface area contributed by atoms with Crippen molar-refractivity contribution in [1.82, 2.24) is 4.98 Å². The summed E-state index contributed by atoms with van der Waals surface area (Å²) >= 11 is 0. The number of hydrogen-bond donors (Lipinski definition) is 1. The fourth-order valence-electron chi connectivity index (χ4n) is 1.68. The molecule has 2 nitrogen and oxygen atoms in total. The minimum Gasteiger partial charge on any atom is -0.380 e. The van der Waals surface area contributed by atoms with Gasteiger partial charge in [-0.1, -0.05) is 6.07 Å². The largest absolute Gasteiger partial charge is 0.380 e. The Bertz CT molecular complexity index is 523. The van der Waals surface area contributed by atoms with Gasteiger partial charge in [0.25, 0.3) is 0 Å². The molecule has 1 aromatic carbocycles. The van der Waals surface area contributed by atoms with Crippen LogP contribution in [0, 0.1) is 19.7 Å². The van der Waals surface area contributed by atoms with E-state index in [0.29, 0.717) is 6.54 Å². The fraction of sp³-hybridized carbons (Fsp3) is 0.214. The molecule has 3 heteroatoms. The second-order valence-electron chi connectivity index (χ2n) is 4.18. The predicted octanol–water partition coefficient (Wildman–Crippen LogP) is 3.45. The van der Waals surface area contributed by atoms with E-state index < -0.39 is 0 Å². The van der Waals surface area contributed by atoms with Gasteiger partial charge in [0.05, 0.1) is 5.69 Å². The molecule has 0 spiro atoms. The molecule has 2 aromatic rings. The monoisotopic (exact) mass is 230 g/mol. The van der Waals surface area contributed by atoms with Crippen molar-refractivity contribution in [1.29, 1.82) is 0 Å². The van der Waals surface area contributed by atoms with Crippen molar-refractivity contribution < 1.29 is 4.39 Å². The van der Waals surface area contributed by atoms with E-state index in [4.69, 9.17) is 0 Å². The molecule has 0 saturated heterocycles. The molecule has 1 N–H and O–H groups in total. The third-order valence-electron chi connectivity index (χ3n) is 2.67. The summed E-state index contributed by atoms with van der Waals surface area (Å²) in [5, 5.41) is 3.24. The smallest absolute Gasteiger partial charge is 0.123 e. The molecule has 0 fully saturated rings. The summed E-state index contributed by atoms with van der Waals surface area (Å²) in [6, 6.07) is 6.85. The average molecular weight is 230 g/mol. The van der Waals surface area contributed by atoms with Crippen LogP contribution in [0.15, 0.2) is 36.7 Å². The third kappa shape index (κ3) is 3.03. The van der Waals surface area contributed by atoms with Gasteiger partial charge in [-0.3, -0.25) is 4.98 Å². The number of pyridine rings is 1. The number of anilines is 1. The van der Waals surface area contributed by atoms with Crippen LogP contribution in [0.5, 0.6) is 0 Å². The molecule has 0 unspecified atom stereocenters. The van der Waals surface area contributed by atoms with Gasteiger partial charge in [0.2, 0.25) is 0 Å². The van der Waals surface area contributed by atoms with E-state index in [9.17, 15) is 4.39 Å². The average Bonchev–Trinajstić information content (AvgIpc) is 2.30. The fourth-order valence-corrected chi connectivity index (χ4v) is 1.68. The highest BCUT2D eigenvalue weighted by Gasteiger charge is 2.00. The van der Waals surface area contributed by atoms with Crippen LogP contribution in [0.2, 0.25) is 0 Å². The summed E-state index contributed by atoms with van der Waals surface area (Å²) in [5.74, 6) is -0.199. The second-order valence-corrected chi connectivity index (χ2v) is 4.18. The lowest BCUT2D eigenvalue weighted by Gasteiger charge is -2.09. The minimum absolute atomic E-state index is 0.199. The maximum Gasteiger partial charge on any atom is 0.123 e. The first kappa shape index (κ1) is 11.6. The van der Waals surface area contributed by atoms with Gasteiger partial charge in [-0.2, -0.15) is 0 Å². The standard InChI is InChI=1S/C14H15FN2/c1-10-5-14(9-16-7-10)17-8-12-6-13(15)4-3-11(12)2/h3-7,9,17H,8H2,1-2H3. The Hall–Kier alpha value is -1.90. The number of halogens is 1. The van der Waals surface area contributed by atoms with Gasteiger partial charge in [-0.25, -0.2) is 4.39 Å². The molecule has 0 radical (unpaired) electrons. The predicted molar refractivity (Wildman–Crippen MR) is 67.4 cm³/mol. The Morgan fingerprint density at radius 3 is 2.76 bits per heavy atom. The SMILES string of the molecule is Cc1cncc(NCc2cc(F)ccc2C)c1. The molecule has 0 amide bonds. The molecule has 0 atom stereocenters. The van der Waals surface area contributed by atoms with Gasteiger partial charge in [0.15, 0.2) is 0 Å². The Morgan fingerprint density at radius 1 is 1.18 bits per heavy atom. The molecular formula is C14H15FN2. The Morgan fingerprint density at radius 2 is 2.00 bits per heavy atom. The number of benzene rings is 1. The van der Waals surface area contributed by atoms with Gasteiger partial charge in [-0.05, 0) is 48.7 Å². The van der Waals surface area contributed by atoms with Gasteiger partial charge < -0.3 is 5.32 Å². The molecule has 88 valence electrons. The number of nitrogens with one attached hydrogen (secondary N) is 1. The molecule has 1 heterocycles. The second kappa shape index (κ2) is 4.95. The first-order chi connectivity index (χ1) is 8.15. The Labute approximate surface area is 101 Å². The van der Waals surface area contributed by atoms with Crippen molar-refractivity contribution in [3.8, 4) is 0 Å². The highest BCUT2D eigenvalue weighted by Crippen LogP contribution is 2.13. The molecule has 0 saturated carbocycles. The van der Waals surface area contributed by atoms with E-state index in [-0.39, 0.29) is 5.82 Å². The topological polar surface area (TPSA) is 24.9 Å². The lowest BCUT2D eigenvalue weighted by molar-refractivity contribution is 0.625. The van der Waals surface area contributed by atoms with Crippen molar-refractivity contribution in [2.45, 2.75) is 20.4 Å². The van der Waals surface area contributed by atoms with Crippen LogP contribution < -0.4 is 5.32 Å². The normalized spacial score (nSPS) is 10.3. The Balaban J connectivity index is 2.09. The van der Waals surface area contributed by atoms with Crippen LogP contribution in [0.3, 0.4) is 0 Å². The number of nitrogens with zero attached hydrogens (tertiary/aromatic N) is 1. The quantitative estimate of drug-likeness (QED) is 0.873. The highest BCUT2D eigenvalue weighted by molar-refractivity contribution is 5.43. The Kier molecular flexibility index (Phi) is 3.38. The number of rotatable bonds is 3. The molecular weight excluding hydrogens is 215 g/mol. The van der Waals surface area contributed by atoms with Gasteiger partial charge >= 0.3 is 0 Å². The molecule has 2 rings (SSSR count). The van der Waals surface area contributed by atoms with E-state index >= 15 is 0 Å². The lowest BCUT2D eigenvalue weighted by atomic mass is 10.1. The summed E-state index contributed by atoms with van der Waals surface area (Å²) in [4.78, 5) is 4.10. The maximum absolute atomic E-state index is 13.1. The van der Waals surface area contributed by atoms with Gasteiger partial charge in [0, 0.05) is 18.9 Å². The zero-order chi connectivity index (χ0) is 12.3. The summed E-state index contributed by atoms with van der Waals surface area (Å²) in [6.07, 6.45) is 3.57. The first-order valence-electron chi connectivity index (χ1n) is 5.56. The van der Waals surface area contributed by atoms with Crippen molar-refractivity contribution in [3.05, 3.63) is 59.2 Å². The van der Waals surface area contributed by atoms with Gasteiger partial charge in [-0.15, -0.1) is 0 Å². The number of aryl methyl sites for hydroxylation is 2. The zero-order valence-corrected chi connectivity index (χ0v) is 10.00. The summed E-state index contributed by atoms with van der Waals surface area (Å²) in [7, 11) is 0. The molecule has 1 aromatic heterocycles. The molecule has 0 aliphatic rings. The van der Waals surface area contributed by atoms with Gasteiger partial charge in [0.1, 0.15) is 5.82 Å². The van der Waals surface area contributed by atoms with Crippen LogP contribution in [-0.4, -0.2) is 4.98 Å². The van der Waals surface area contributed by atoms with Crippen LogP contribution in [0.25, 0.3) is 0 Å². The van der Waals surface area contributed by atoms with Crippen LogP contribution in [-0.2, 0) is 6.54 Å². The van der Waals surface area contributed by atoms with E-state index in [2.05, 4.69) is 10.3 Å². The van der Waals surface area contributed by atoms with Crippen LogP contribution in [0.1, 0.15) is 16.7 Å². The van der Waals surface area contributed by atoms with Crippen molar-refractivity contribution in [2.75, 3.05) is 5.32 Å². The van der Waals surface area contributed by atoms with E-state index in [1.54, 1.807) is 24.5 Å². The maximum atomic E-state index is 13.1. The number of hydrogen-bond acceptors (Lipinski definition) is 2. The minimum atomic E-state index is -0.199. The third-order valence-corrected chi connectivity index (χ3v) is 2.67. The van der Waals surface area contributed by atoms with Crippen molar-refractivity contribution in [3.63, 3.8) is 0 Å². The van der Waals surface area contributed by atoms with E-state index in [0.717, 1.165) is 22.4 Å². The number of aromatic nitrogens is 1. The lowest BCUT2D eigenvalue weighted by Crippen LogP contribution is -2.02. The van der Waals surface area contributed by atoms with Crippen LogP contribution >= 0.6 is 0 Å². The van der Waals surface area contributed by atoms with E-state index in [1.807, 2.05) is 19.9 Å². The van der Waals surface area contributed by atoms with Crippen molar-refractivity contribution in [2.24, 2.45) is 0 Å². The van der Waals surface area contributed by atoms with E-state index in [1.165, 1.54) is 6.07 Å².